The molecule has 2 amide bonds. The summed E-state index contributed by atoms with van der Waals surface area (Å²) in [6, 6.07) is 26.9. The molecule has 0 fully saturated rings. The lowest BCUT2D eigenvalue weighted by Crippen LogP contribution is -2.38. The monoisotopic (exact) mass is 617 g/mol. The van der Waals surface area contributed by atoms with Crippen LogP contribution in [0.4, 0.5) is 11.4 Å². The molecule has 0 spiro atoms. The number of methoxy groups -OCH3 is 2. The van der Waals surface area contributed by atoms with E-state index in [1.165, 1.54) is 32.4 Å². The number of nitrogens with one attached hydrogen (secondary N) is 2. The first kappa shape index (κ1) is 31.9. The molecular formula is C33H35N3O7S. The largest absolute Gasteiger partial charge is 0.494 e. The van der Waals surface area contributed by atoms with Crippen molar-refractivity contribution in [3.8, 4) is 17.2 Å². The highest BCUT2D eigenvalue weighted by Crippen LogP contribution is 2.32. The third kappa shape index (κ3) is 7.87. The van der Waals surface area contributed by atoms with Crippen molar-refractivity contribution in [2.45, 2.75) is 18.2 Å². The summed E-state index contributed by atoms with van der Waals surface area (Å²) in [5, 5.41) is 5.60. The molecule has 230 valence electrons. The van der Waals surface area contributed by atoms with E-state index >= 15 is 0 Å². The van der Waals surface area contributed by atoms with Gasteiger partial charge in [-0.15, -0.1) is 0 Å². The summed E-state index contributed by atoms with van der Waals surface area (Å²) in [7, 11) is -1.42. The maximum absolute atomic E-state index is 14.0. The summed E-state index contributed by atoms with van der Waals surface area (Å²) in [6.07, 6.45) is 0.645. The van der Waals surface area contributed by atoms with Gasteiger partial charge in [-0.05, 0) is 67.4 Å². The van der Waals surface area contributed by atoms with Crippen LogP contribution in [0.15, 0.2) is 102 Å². The molecule has 11 heteroatoms. The van der Waals surface area contributed by atoms with Gasteiger partial charge in [0.25, 0.3) is 15.9 Å². The van der Waals surface area contributed by atoms with E-state index in [0.29, 0.717) is 31.1 Å². The Balaban J connectivity index is 1.57. The maximum Gasteiger partial charge on any atom is 0.264 e. The number of benzene rings is 4. The number of carbonyl (C=O) groups is 2. The van der Waals surface area contributed by atoms with Gasteiger partial charge in [-0.2, -0.15) is 0 Å². The summed E-state index contributed by atoms with van der Waals surface area (Å²) in [4.78, 5) is 26.3. The third-order valence-electron chi connectivity index (χ3n) is 6.65. The molecule has 0 saturated carbocycles. The fourth-order valence-electron chi connectivity index (χ4n) is 4.47. The standard InChI is InChI=1S/C33H35N3O7S/c1-4-43-26-16-14-25(15-17-26)36(44(39,40)27-18-19-30(41-2)31(22-27)42-3)23-32(37)35-29-13-9-8-12-28(29)33(38)34-21-20-24-10-6-5-7-11-24/h5-19,22H,4,20-21,23H2,1-3H3,(H,34,38)(H,35,37). The minimum absolute atomic E-state index is 0.102. The Hall–Kier alpha value is -5.03. The van der Waals surface area contributed by atoms with Gasteiger partial charge in [0, 0.05) is 12.6 Å². The highest BCUT2D eigenvalue weighted by molar-refractivity contribution is 7.92. The van der Waals surface area contributed by atoms with Gasteiger partial charge in [-0.1, -0.05) is 42.5 Å². The number of rotatable bonds is 14. The van der Waals surface area contributed by atoms with Crippen LogP contribution >= 0.6 is 0 Å². The van der Waals surface area contributed by atoms with Gasteiger partial charge >= 0.3 is 0 Å². The van der Waals surface area contributed by atoms with Crippen LogP contribution in [0.25, 0.3) is 0 Å². The van der Waals surface area contributed by atoms with Crippen LogP contribution in [-0.2, 0) is 21.2 Å². The Morgan fingerprint density at radius 3 is 2.18 bits per heavy atom. The molecule has 0 aliphatic carbocycles. The zero-order chi connectivity index (χ0) is 31.5. The van der Waals surface area contributed by atoms with Gasteiger partial charge < -0.3 is 24.8 Å². The molecule has 0 saturated heterocycles. The van der Waals surface area contributed by atoms with Crippen molar-refractivity contribution in [3.05, 3.63) is 108 Å². The Morgan fingerprint density at radius 1 is 0.818 bits per heavy atom. The van der Waals surface area contributed by atoms with Crippen LogP contribution in [0.1, 0.15) is 22.8 Å². The van der Waals surface area contributed by atoms with Crippen molar-refractivity contribution in [2.24, 2.45) is 0 Å². The molecule has 0 heterocycles. The molecule has 0 bridgehead atoms. The van der Waals surface area contributed by atoms with Crippen LogP contribution in [0, 0.1) is 0 Å². The van der Waals surface area contributed by atoms with E-state index in [-0.39, 0.29) is 33.5 Å². The van der Waals surface area contributed by atoms with Crippen LogP contribution in [-0.4, -0.2) is 54.1 Å². The number of anilines is 2. The Labute approximate surface area is 257 Å². The first-order valence-electron chi connectivity index (χ1n) is 14.0. The molecule has 4 aromatic rings. The molecule has 0 aliphatic heterocycles. The summed E-state index contributed by atoms with van der Waals surface area (Å²) < 4.78 is 45.0. The molecule has 4 rings (SSSR count). The van der Waals surface area contributed by atoms with Gasteiger partial charge in [0.2, 0.25) is 5.91 Å². The summed E-state index contributed by atoms with van der Waals surface area (Å²) >= 11 is 0. The Bertz CT molecular complexity index is 1680. The van der Waals surface area contributed by atoms with E-state index in [1.54, 1.807) is 48.5 Å². The highest BCUT2D eigenvalue weighted by Gasteiger charge is 2.29. The zero-order valence-electron chi connectivity index (χ0n) is 24.8. The predicted octanol–water partition coefficient (Wildman–Crippen LogP) is 4.91. The third-order valence-corrected chi connectivity index (χ3v) is 8.42. The molecule has 0 radical (unpaired) electrons. The Morgan fingerprint density at radius 2 is 1.50 bits per heavy atom. The van der Waals surface area contributed by atoms with Crippen LogP contribution < -0.4 is 29.1 Å². The first-order chi connectivity index (χ1) is 21.3. The predicted molar refractivity (Wildman–Crippen MR) is 169 cm³/mol. The molecule has 0 unspecified atom stereocenters. The lowest BCUT2D eigenvalue weighted by atomic mass is 10.1. The van der Waals surface area contributed by atoms with E-state index in [4.69, 9.17) is 14.2 Å². The van der Waals surface area contributed by atoms with Gasteiger partial charge in [0.1, 0.15) is 12.3 Å². The average molecular weight is 618 g/mol. The van der Waals surface area contributed by atoms with E-state index in [0.717, 1.165) is 9.87 Å². The van der Waals surface area contributed by atoms with Crippen molar-refractivity contribution in [1.82, 2.24) is 5.32 Å². The highest BCUT2D eigenvalue weighted by atomic mass is 32.2. The number of amides is 2. The van der Waals surface area contributed by atoms with Gasteiger partial charge in [-0.3, -0.25) is 13.9 Å². The van der Waals surface area contributed by atoms with E-state index in [9.17, 15) is 18.0 Å². The summed E-state index contributed by atoms with van der Waals surface area (Å²) in [5.74, 6) is 0.120. The van der Waals surface area contributed by atoms with E-state index in [1.807, 2.05) is 37.3 Å². The number of ether oxygens (including phenoxy) is 3. The lowest BCUT2D eigenvalue weighted by molar-refractivity contribution is -0.114. The van der Waals surface area contributed by atoms with Crippen molar-refractivity contribution >= 4 is 33.2 Å². The van der Waals surface area contributed by atoms with Crippen LogP contribution in [0.2, 0.25) is 0 Å². The van der Waals surface area contributed by atoms with Gasteiger partial charge in [0.05, 0.1) is 42.7 Å². The number of hydrogen-bond acceptors (Lipinski definition) is 7. The van der Waals surface area contributed by atoms with E-state index < -0.39 is 22.5 Å². The fourth-order valence-corrected chi connectivity index (χ4v) is 5.90. The average Bonchev–Trinajstić information content (AvgIpc) is 3.04. The number of para-hydroxylation sites is 1. The second-order valence-electron chi connectivity index (χ2n) is 9.54. The Kier molecular flexibility index (Phi) is 10.8. The fraction of sp³-hybridized carbons (Fsp3) is 0.212. The number of carbonyl (C=O) groups excluding carboxylic acids is 2. The lowest BCUT2D eigenvalue weighted by Gasteiger charge is -2.25. The molecule has 10 nitrogen and oxygen atoms in total. The minimum Gasteiger partial charge on any atom is -0.494 e. The molecular weight excluding hydrogens is 582 g/mol. The number of sulfonamides is 1. The van der Waals surface area contributed by atoms with Crippen LogP contribution in [0.3, 0.4) is 0 Å². The van der Waals surface area contributed by atoms with Gasteiger partial charge in [-0.25, -0.2) is 8.42 Å². The molecule has 44 heavy (non-hydrogen) atoms. The second kappa shape index (κ2) is 14.9. The minimum atomic E-state index is -4.27. The number of nitrogens with zero attached hydrogens (tertiary/aromatic N) is 1. The molecule has 2 N–H and O–H groups in total. The maximum atomic E-state index is 14.0. The molecule has 0 atom stereocenters. The quantitative estimate of drug-likeness (QED) is 0.206. The topological polar surface area (TPSA) is 123 Å². The summed E-state index contributed by atoms with van der Waals surface area (Å²) in [6.45, 7) is 2.11. The molecule has 0 aromatic heterocycles. The summed E-state index contributed by atoms with van der Waals surface area (Å²) in [5.41, 5.74) is 1.83. The van der Waals surface area contributed by atoms with Crippen LogP contribution in [0.5, 0.6) is 17.2 Å². The number of hydrogen-bond donors (Lipinski definition) is 2. The molecule has 4 aromatic carbocycles. The van der Waals surface area contributed by atoms with E-state index in [2.05, 4.69) is 10.6 Å². The van der Waals surface area contributed by atoms with Gasteiger partial charge in [0.15, 0.2) is 11.5 Å². The van der Waals surface area contributed by atoms with Crippen molar-refractivity contribution < 1.29 is 32.2 Å². The first-order valence-corrected chi connectivity index (χ1v) is 15.4. The normalized spacial score (nSPS) is 10.9. The SMILES string of the molecule is CCOc1ccc(N(CC(=O)Nc2ccccc2C(=O)NCCc2ccccc2)S(=O)(=O)c2ccc(OC)c(OC)c2)cc1. The second-order valence-corrected chi connectivity index (χ2v) is 11.4. The molecule has 0 aliphatic rings. The smallest absolute Gasteiger partial charge is 0.264 e. The van der Waals surface area contributed by atoms with Crippen molar-refractivity contribution in [1.29, 1.82) is 0 Å². The van der Waals surface area contributed by atoms with Crippen molar-refractivity contribution in [3.63, 3.8) is 0 Å². The zero-order valence-corrected chi connectivity index (χ0v) is 25.6. The van der Waals surface area contributed by atoms with Crippen molar-refractivity contribution in [2.75, 3.05) is 43.5 Å².